The highest BCUT2D eigenvalue weighted by atomic mass is 79.9. The van der Waals surface area contributed by atoms with Gasteiger partial charge in [0.25, 0.3) is 5.89 Å². The number of hydrogen-bond donors (Lipinski definition) is 1. The number of aromatic nitrogens is 2. The third-order valence-electron chi connectivity index (χ3n) is 3.76. The van der Waals surface area contributed by atoms with Gasteiger partial charge in [-0.3, -0.25) is 0 Å². The van der Waals surface area contributed by atoms with E-state index in [0.29, 0.717) is 24.4 Å². The van der Waals surface area contributed by atoms with E-state index in [1.165, 1.54) is 6.42 Å². The Kier molecular flexibility index (Phi) is 4.37. The molecule has 1 saturated carbocycles. The van der Waals surface area contributed by atoms with Gasteiger partial charge in [-0.15, -0.1) is 0 Å². The second-order valence-electron chi connectivity index (χ2n) is 5.41. The fourth-order valence-corrected chi connectivity index (χ4v) is 2.69. The van der Waals surface area contributed by atoms with Crippen LogP contribution in [-0.2, 0) is 4.74 Å². The van der Waals surface area contributed by atoms with Gasteiger partial charge in [0.15, 0.2) is 5.82 Å². The lowest BCUT2D eigenvalue weighted by molar-refractivity contribution is -0.00549. The lowest BCUT2D eigenvalue weighted by atomic mass is 9.96. The highest BCUT2D eigenvalue weighted by Gasteiger charge is 2.21. The number of aryl methyl sites for hydroxylation is 1. The lowest BCUT2D eigenvalue weighted by Crippen LogP contribution is -2.27. The van der Waals surface area contributed by atoms with Crippen molar-refractivity contribution < 1.29 is 9.26 Å². The maximum Gasteiger partial charge on any atom is 0.258 e. The molecule has 21 heavy (non-hydrogen) atoms. The molecule has 2 aromatic rings. The van der Waals surface area contributed by atoms with E-state index in [9.17, 15) is 0 Å². The summed E-state index contributed by atoms with van der Waals surface area (Å²) in [6.45, 7) is 2.44. The van der Waals surface area contributed by atoms with E-state index in [0.717, 1.165) is 28.4 Å². The molecule has 2 N–H and O–H groups in total. The van der Waals surface area contributed by atoms with Gasteiger partial charge in [0.05, 0.1) is 18.8 Å². The van der Waals surface area contributed by atoms with Crippen LogP contribution in [0.5, 0.6) is 0 Å². The first kappa shape index (κ1) is 14.7. The number of hydrogen-bond acceptors (Lipinski definition) is 5. The average molecular weight is 352 g/mol. The van der Waals surface area contributed by atoms with Gasteiger partial charge in [-0.2, -0.15) is 4.98 Å². The van der Waals surface area contributed by atoms with Crippen molar-refractivity contribution >= 4 is 15.9 Å². The van der Waals surface area contributed by atoms with Gasteiger partial charge in [0, 0.05) is 10.0 Å². The van der Waals surface area contributed by atoms with Crippen LogP contribution in [0.4, 0.5) is 0 Å². The SMILES string of the molecule is Cc1cc(Br)ccc1-c1nc(C(N)COC2CCC2)no1. The molecule has 0 aliphatic heterocycles. The van der Waals surface area contributed by atoms with Crippen molar-refractivity contribution in [1.82, 2.24) is 10.1 Å². The molecule has 1 aliphatic carbocycles. The molecule has 0 radical (unpaired) electrons. The van der Waals surface area contributed by atoms with Gasteiger partial charge in [-0.1, -0.05) is 21.1 Å². The number of nitrogens with two attached hydrogens (primary N) is 1. The Hall–Kier alpha value is -1.24. The number of halogens is 1. The quantitative estimate of drug-likeness (QED) is 0.893. The van der Waals surface area contributed by atoms with Crippen LogP contribution in [0.2, 0.25) is 0 Å². The number of rotatable bonds is 5. The molecule has 0 saturated heterocycles. The first-order valence-corrected chi connectivity index (χ1v) is 7.90. The molecular formula is C15H18BrN3O2. The van der Waals surface area contributed by atoms with Crippen LogP contribution in [0.15, 0.2) is 27.2 Å². The second-order valence-corrected chi connectivity index (χ2v) is 6.33. The molecule has 3 rings (SSSR count). The summed E-state index contributed by atoms with van der Waals surface area (Å²) in [4.78, 5) is 4.39. The summed E-state index contributed by atoms with van der Waals surface area (Å²) in [5.41, 5.74) is 8.05. The molecule has 1 unspecified atom stereocenters. The Labute approximate surface area is 132 Å². The average Bonchev–Trinajstić information content (AvgIpc) is 2.86. The Morgan fingerprint density at radius 3 is 2.95 bits per heavy atom. The Balaban J connectivity index is 1.69. The maximum atomic E-state index is 6.06. The van der Waals surface area contributed by atoms with Crippen LogP contribution in [0.25, 0.3) is 11.5 Å². The Morgan fingerprint density at radius 2 is 2.29 bits per heavy atom. The molecule has 5 nitrogen and oxygen atoms in total. The van der Waals surface area contributed by atoms with Crippen molar-refractivity contribution in [3.05, 3.63) is 34.1 Å². The molecule has 1 aromatic carbocycles. The third kappa shape index (κ3) is 3.33. The smallest absolute Gasteiger partial charge is 0.258 e. The van der Waals surface area contributed by atoms with E-state index in [-0.39, 0.29) is 6.04 Å². The predicted molar refractivity (Wildman–Crippen MR) is 82.7 cm³/mol. The monoisotopic (exact) mass is 351 g/mol. The largest absolute Gasteiger partial charge is 0.376 e. The fraction of sp³-hybridized carbons (Fsp3) is 0.467. The molecule has 112 valence electrons. The second kappa shape index (κ2) is 6.25. The molecule has 1 aromatic heterocycles. The van der Waals surface area contributed by atoms with E-state index < -0.39 is 0 Å². The molecule has 0 bridgehead atoms. The van der Waals surface area contributed by atoms with Gasteiger partial charge < -0.3 is 15.0 Å². The third-order valence-corrected chi connectivity index (χ3v) is 4.25. The lowest BCUT2D eigenvalue weighted by Gasteiger charge is -2.26. The number of benzene rings is 1. The summed E-state index contributed by atoms with van der Waals surface area (Å²) in [6.07, 6.45) is 3.86. The Bertz CT molecular complexity index is 625. The van der Waals surface area contributed by atoms with Crippen LogP contribution in [0, 0.1) is 6.92 Å². The van der Waals surface area contributed by atoms with Crippen molar-refractivity contribution in [3.8, 4) is 11.5 Å². The van der Waals surface area contributed by atoms with Crippen LogP contribution in [-0.4, -0.2) is 22.9 Å². The summed E-state index contributed by atoms with van der Waals surface area (Å²) in [5, 5.41) is 3.97. The van der Waals surface area contributed by atoms with E-state index in [4.69, 9.17) is 15.0 Å². The summed E-state index contributed by atoms with van der Waals surface area (Å²) < 4.78 is 12.0. The first-order valence-electron chi connectivity index (χ1n) is 7.11. The number of ether oxygens (including phenoxy) is 1. The zero-order valence-electron chi connectivity index (χ0n) is 11.9. The van der Waals surface area contributed by atoms with E-state index in [1.54, 1.807) is 0 Å². The zero-order valence-corrected chi connectivity index (χ0v) is 13.5. The van der Waals surface area contributed by atoms with Gasteiger partial charge in [0.2, 0.25) is 0 Å². The Morgan fingerprint density at radius 1 is 1.48 bits per heavy atom. The maximum absolute atomic E-state index is 6.06. The van der Waals surface area contributed by atoms with E-state index >= 15 is 0 Å². The molecule has 6 heteroatoms. The fourth-order valence-electron chi connectivity index (χ4n) is 2.21. The van der Waals surface area contributed by atoms with E-state index in [1.807, 2.05) is 25.1 Å². The molecular weight excluding hydrogens is 334 g/mol. The summed E-state index contributed by atoms with van der Waals surface area (Å²) >= 11 is 3.44. The minimum absolute atomic E-state index is 0.348. The first-order chi connectivity index (χ1) is 10.1. The van der Waals surface area contributed by atoms with Crippen molar-refractivity contribution in [3.63, 3.8) is 0 Å². The van der Waals surface area contributed by atoms with Crippen molar-refractivity contribution in [2.45, 2.75) is 38.3 Å². The molecule has 1 heterocycles. The van der Waals surface area contributed by atoms with Crippen molar-refractivity contribution in [1.29, 1.82) is 0 Å². The molecule has 1 fully saturated rings. The molecule has 0 amide bonds. The van der Waals surface area contributed by atoms with Gasteiger partial charge >= 0.3 is 0 Å². The zero-order chi connectivity index (χ0) is 14.8. The number of nitrogens with zero attached hydrogens (tertiary/aromatic N) is 2. The normalized spacial score (nSPS) is 16.7. The standard InChI is InChI=1S/C15H18BrN3O2/c1-9-7-10(16)5-6-12(9)15-18-14(19-21-15)13(17)8-20-11-3-2-4-11/h5-7,11,13H,2-4,8,17H2,1H3. The van der Waals surface area contributed by atoms with Crippen LogP contribution in [0.3, 0.4) is 0 Å². The molecule has 1 atom stereocenters. The highest BCUT2D eigenvalue weighted by molar-refractivity contribution is 9.10. The minimum atomic E-state index is -0.348. The molecule has 0 spiro atoms. The van der Waals surface area contributed by atoms with Gasteiger partial charge in [-0.05, 0) is 49.9 Å². The van der Waals surface area contributed by atoms with E-state index in [2.05, 4.69) is 26.1 Å². The topological polar surface area (TPSA) is 74.2 Å². The van der Waals surface area contributed by atoms with Crippen molar-refractivity contribution in [2.24, 2.45) is 5.73 Å². The van der Waals surface area contributed by atoms with Crippen molar-refractivity contribution in [2.75, 3.05) is 6.61 Å². The minimum Gasteiger partial charge on any atom is -0.376 e. The summed E-state index contributed by atoms with van der Waals surface area (Å²) in [7, 11) is 0. The van der Waals surface area contributed by atoms with Crippen LogP contribution < -0.4 is 5.73 Å². The summed E-state index contributed by atoms with van der Waals surface area (Å²) in [6, 6.07) is 5.57. The summed E-state index contributed by atoms with van der Waals surface area (Å²) in [5.74, 6) is 0.987. The predicted octanol–water partition coefficient (Wildman–Crippen LogP) is 3.38. The van der Waals surface area contributed by atoms with Gasteiger partial charge in [0.1, 0.15) is 0 Å². The van der Waals surface area contributed by atoms with Crippen LogP contribution in [0.1, 0.15) is 36.7 Å². The van der Waals surface area contributed by atoms with Crippen LogP contribution >= 0.6 is 15.9 Å². The highest BCUT2D eigenvalue weighted by Crippen LogP contribution is 2.26. The van der Waals surface area contributed by atoms with Gasteiger partial charge in [-0.25, -0.2) is 0 Å². The molecule has 1 aliphatic rings.